The average molecular weight is 336 g/mol. The number of alkyl halides is 2. The van der Waals surface area contributed by atoms with Crippen molar-refractivity contribution in [3.8, 4) is 11.5 Å². The summed E-state index contributed by atoms with van der Waals surface area (Å²) in [4.78, 5) is 12.1. The molecule has 5 nitrogen and oxygen atoms in total. The fourth-order valence-electron chi connectivity index (χ4n) is 2.05. The third-order valence-corrected chi connectivity index (χ3v) is 3.04. The number of halogens is 2. The molecule has 0 bridgehead atoms. The van der Waals surface area contributed by atoms with Crippen molar-refractivity contribution in [2.45, 2.75) is 20.5 Å². The van der Waals surface area contributed by atoms with Gasteiger partial charge in [0.25, 0.3) is 0 Å². The molecule has 0 saturated heterocycles. The minimum absolute atomic E-state index is 0.0988. The molecule has 2 rings (SSSR count). The van der Waals surface area contributed by atoms with Crippen LogP contribution in [0.5, 0.6) is 11.5 Å². The Morgan fingerprint density at radius 3 is 2.42 bits per heavy atom. The van der Waals surface area contributed by atoms with Gasteiger partial charge in [0.1, 0.15) is 11.5 Å². The number of carbonyl (C=O) groups is 1. The average Bonchev–Trinajstić information content (AvgIpc) is 2.51. The van der Waals surface area contributed by atoms with Crippen LogP contribution in [0.3, 0.4) is 0 Å². The highest BCUT2D eigenvalue weighted by Gasteiger charge is 2.13. The number of aryl methyl sites for hydroxylation is 1. The van der Waals surface area contributed by atoms with E-state index in [0.717, 1.165) is 5.56 Å². The van der Waals surface area contributed by atoms with E-state index in [-0.39, 0.29) is 11.4 Å². The van der Waals surface area contributed by atoms with Gasteiger partial charge in [-0.1, -0.05) is 18.2 Å². The van der Waals surface area contributed by atoms with Crippen molar-refractivity contribution in [3.63, 3.8) is 0 Å². The summed E-state index contributed by atoms with van der Waals surface area (Å²) >= 11 is 0. The Bertz CT molecular complexity index is 708. The molecule has 0 spiro atoms. The lowest BCUT2D eigenvalue weighted by molar-refractivity contribution is -0.0493. The molecule has 2 amide bonds. The van der Waals surface area contributed by atoms with E-state index in [9.17, 15) is 13.6 Å². The summed E-state index contributed by atoms with van der Waals surface area (Å²) in [5.41, 5.74) is 1.35. The lowest BCUT2D eigenvalue weighted by Crippen LogP contribution is -2.20. The Hall–Kier alpha value is -2.83. The number of hydrogen-bond donors (Lipinski definition) is 2. The van der Waals surface area contributed by atoms with Crippen molar-refractivity contribution >= 4 is 17.4 Å². The monoisotopic (exact) mass is 336 g/mol. The predicted molar refractivity (Wildman–Crippen MR) is 88.1 cm³/mol. The first-order chi connectivity index (χ1) is 11.5. The minimum Gasteiger partial charge on any atom is -0.492 e. The van der Waals surface area contributed by atoms with Crippen LogP contribution in [0.1, 0.15) is 12.5 Å². The summed E-state index contributed by atoms with van der Waals surface area (Å²) in [5, 5.41) is 5.12. The second-order valence-electron chi connectivity index (χ2n) is 4.89. The molecular formula is C17H18F2N2O3. The largest absolute Gasteiger partial charge is 0.492 e. The van der Waals surface area contributed by atoms with Gasteiger partial charge >= 0.3 is 12.6 Å². The summed E-state index contributed by atoms with van der Waals surface area (Å²) in [7, 11) is 0. The standard InChI is InChI=1S/C17H18F2N2O3/c1-3-23-14-7-5-4-6-12(14)20-17(22)21-13-9-8-11(2)10-15(13)24-16(18)19/h4-10,16H,3H2,1-2H3,(H2,20,21,22). The van der Waals surface area contributed by atoms with Crippen LogP contribution in [0.2, 0.25) is 0 Å². The zero-order chi connectivity index (χ0) is 17.5. The second-order valence-corrected chi connectivity index (χ2v) is 4.89. The molecule has 0 aromatic heterocycles. The topological polar surface area (TPSA) is 59.6 Å². The minimum atomic E-state index is -2.98. The fraction of sp³-hybridized carbons (Fsp3) is 0.235. The number of nitrogens with one attached hydrogen (secondary N) is 2. The maximum absolute atomic E-state index is 12.5. The molecule has 24 heavy (non-hydrogen) atoms. The lowest BCUT2D eigenvalue weighted by atomic mass is 10.2. The maximum Gasteiger partial charge on any atom is 0.387 e. The third-order valence-electron chi connectivity index (χ3n) is 3.04. The van der Waals surface area contributed by atoms with Crippen molar-refractivity contribution in [3.05, 3.63) is 48.0 Å². The van der Waals surface area contributed by atoms with Gasteiger partial charge < -0.3 is 20.1 Å². The quantitative estimate of drug-likeness (QED) is 0.808. The number of carbonyl (C=O) groups excluding carboxylic acids is 1. The molecule has 0 aliphatic carbocycles. The Morgan fingerprint density at radius 1 is 1.08 bits per heavy atom. The van der Waals surface area contributed by atoms with Gasteiger partial charge in [0.05, 0.1) is 18.0 Å². The van der Waals surface area contributed by atoms with E-state index in [1.165, 1.54) is 12.1 Å². The molecule has 0 aliphatic heterocycles. The highest BCUT2D eigenvalue weighted by atomic mass is 19.3. The molecular weight excluding hydrogens is 318 g/mol. The Morgan fingerprint density at radius 2 is 1.75 bits per heavy atom. The first-order valence-corrected chi connectivity index (χ1v) is 7.35. The number of benzene rings is 2. The molecule has 0 atom stereocenters. The van der Waals surface area contributed by atoms with E-state index in [1.807, 2.05) is 6.92 Å². The highest BCUT2D eigenvalue weighted by molar-refractivity contribution is 6.01. The first kappa shape index (κ1) is 17.5. The number of urea groups is 1. The number of rotatable bonds is 6. The molecule has 0 saturated carbocycles. The Kier molecular flexibility index (Phi) is 5.95. The number of amides is 2. The van der Waals surface area contributed by atoms with Crippen LogP contribution in [0.25, 0.3) is 0 Å². The van der Waals surface area contributed by atoms with Crippen LogP contribution in [-0.4, -0.2) is 19.2 Å². The van der Waals surface area contributed by atoms with E-state index in [4.69, 9.17) is 4.74 Å². The normalized spacial score (nSPS) is 10.4. The van der Waals surface area contributed by atoms with Gasteiger partial charge in [0.2, 0.25) is 0 Å². The van der Waals surface area contributed by atoms with Crippen molar-refractivity contribution < 1.29 is 23.0 Å². The summed E-state index contributed by atoms with van der Waals surface area (Å²) < 4.78 is 34.8. The van der Waals surface area contributed by atoms with Gasteiger partial charge in [-0.05, 0) is 43.7 Å². The van der Waals surface area contributed by atoms with Crippen LogP contribution < -0.4 is 20.1 Å². The van der Waals surface area contributed by atoms with Crippen LogP contribution >= 0.6 is 0 Å². The molecule has 0 radical (unpaired) electrons. The molecule has 2 aromatic rings. The molecule has 128 valence electrons. The Labute approximate surface area is 138 Å². The van der Waals surface area contributed by atoms with Crippen molar-refractivity contribution in [1.82, 2.24) is 0 Å². The van der Waals surface area contributed by atoms with E-state index in [1.54, 1.807) is 37.3 Å². The molecule has 0 fully saturated rings. The molecule has 0 unspecified atom stereocenters. The van der Waals surface area contributed by atoms with E-state index in [0.29, 0.717) is 18.0 Å². The Balaban J connectivity index is 2.13. The van der Waals surface area contributed by atoms with E-state index >= 15 is 0 Å². The van der Waals surface area contributed by atoms with E-state index in [2.05, 4.69) is 15.4 Å². The molecule has 2 aromatic carbocycles. The van der Waals surface area contributed by atoms with Crippen molar-refractivity contribution in [2.75, 3.05) is 17.2 Å². The van der Waals surface area contributed by atoms with Gasteiger partial charge in [0.15, 0.2) is 0 Å². The number of anilines is 2. The number of hydrogen-bond acceptors (Lipinski definition) is 3. The predicted octanol–water partition coefficient (Wildman–Crippen LogP) is 4.64. The van der Waals surface area contributed by atoms with Gasteiger partial charge in [-0.2, -0.15) is 8.78 Å². The second kappa shape index (κ2) is 8.14. The van der Waals surface area contributed by atoms with Crippen molar-refractivity contribution in [2.24, 2.45) is 0 Å². The lowest BCUT2D eigenvalue weighted by Gasteiger charge is -2.14. The first-order valence-electron chi connectivity index (χ1n) is 7.35. The van der Waals surface area contributed by atoms with Crippen LogP contribution in [0.4, 0.5) is 25.0 Å². The number of para-hydroxylation sites is 2. The summed E-state index contributed by atoms with van der Waals surface area (Å²) in [6.07, 6.45) is 0. The van der Waals surface area contributed by atoms with Crippen LogP contribution in [0.15, 0.2) is 42.5 Å². The van der Waals surface area contributed by atoms with Gasteiger partial charge in [0, 0.05) is 0 Å². The zero-order valence-electron chi connectivity index (χ0n) is 13.3. The summed E-state index contributed by atoms with van der Waals surface area (Å²) in [5.74, 6) is 0.418. The SMILES string of the molecule is CCOc1ccccc1NC(=O)Nc1ccc(C)cc1OC(F)F. The molecule has 0 aliphatic rings. The van der Waals surface area contributed by atoms with Crippen molar-refractivity contribution in [1.29, 1.82) is 0 Å². The summed E-state index contributed by atoms with van der Waals surface area (Å²) in [6.45, 7) is 1.04. The maximum atomic E-state index is 12.5. The highest BCUT2D eigenvalue weighted by Crippen LogP contribution is 2.28. The van der Waals surface area contributed by atoms with Crippen LogP contribution in [-0.2, 0) is 0 Å². The molecule has 2 N–H and O–H groups in total. The molecule has 7 heteroatoms. The smallest absolute Gasteiger partial charge is 0.387 e. The van der Waals surface area contributed by atoms with Gasteiger partial charge in [-0.15, -0.1) is 0 Å². The van der Waals surface area contributed by atoms with Gasteiger partial charge in [-0.3, -0.25) is 0 Å². The van der Waals surface area contributed by atoms with Gasteiger partial charge in [-0.25, -0.2) is 4.79 Å². The summed E-state index contributed by atoms with van der Waals surface area (Å²) in [6, 6.07) is 10.9. The third kappa shape index (κ3) is 4.84. The van der Waals surface area contributed by atoms with E-state index < -0.39 is 12.6 Å². The molecule has 0 heterocycles. The zero-order valence-corrected chi connectivity index (χ0v) is 13.3. The van der Waals surface area contributed by atoms with Crippen LogP contribution in [0, 0.1) is 6.92 Å². The fourth-order valence-corrected chi connectivity index (χ4v) is 2.05. The number of ether oxygens (including phenoxy) is 2.